The van der Waals surface area contributed by atoms with E-state index in [0.29, 0.717) is 19.8 Å². The standard InChI is InChI=1S/C11H14FNO4S/c12-9-1-2-10(11(5-9)18(13,14)15)17-7-8-3-4-16-6-8/h1-2,5,8H,3-4,6-7H2,(H2,13,14,15). The van der Waals surface area contributed by atoms with Crippen LogP contribution in [0.4, 0.5) is 4.39 Å². The fourth-order valence-electron chi connectivity index (χ4n) is 1.75. The van der Waals surface area contributed by atoms with Crippen molar-refractivity contribution < 1.29 is 22.3 Å². The van der Waals surface area contributed by atoms with E-state index in [2.05, 4.69) is 0 Å². The van der Waals surface area contributed by atoms with Crippen molar-refractivity contribution in [3.05, 3.63) is 24.0 Å². The van der Waals surface area contributed by atoms with Crippen LogP contribution in [0.5, 0.6) is 5.75 Å². The van der Waals surface area contributed by atoms with Crippen molar-refractivity contribution in [2.24, 2.45) is 11.1 Å². The fraction of sp³-hybridized carbons (Fsp3) is 0.455. The van der Waals surface area contributed by atoms with Crippen molar-refractivity contribution in [3.8, 4) is 5.75 Å². The second-order valence-electron chi connectivity index (χ2n) is 4.18. The van der Waals surface area contributed by atoms with Crippen molar-refractivity contribution in [2.45, 2.75) is 11.3 Å². The monoisotopic (exact) mass is 275 g/mol. The third-order valence-electron chi connectivity index (χ3n) is 2.71. The summed E-state index contributed by atoms with van der Waals surface area (Å²) in [6, 6.07) is 3.26. The molecule has 100 valence electrons. The van der Waals surface area contributed by atoms with Crippen LogP contribution in [0.3, 0.4) is 0 Å². The number of ether oxygens (including phenoxy) is 2. The molecule has 1 atom stereocenters. The average molecular weight is 275 g/mol. The van der Waals surface area contributed by atoms with E-state index in [4.69, 9.17) is 14.6 Å². The summed E-state index contributed by atoms with van der Waals surface area (Å²) in [5.41, 5.74) is 0. The molecule has 0 aliphatic carbocycles. The molecular weight excluding hydrogens is 261 g/mol. The smallest absolute Gasteiger partial charge is 0.241 e. The van der Waals surface area contributed by atoms with Gasteiger partial charge in [-0.1, -0.05) is 0 Å². The second kappa shape index (κ2) is 5.21. The maximum absolute atomic E-state index is 13.0. The van der Waals surface area contributed by atoms with Gasteiger partial charge in [0.15, 0.2) is 0 Å². The molecule has 5 nitrogen and oxygen atoms in total. The maximum Gasteiger partial charge on any atom is 0.241 e. The van der Waals surface area contributed by atoms with Crippen molar-refractivity contribution in [3.63, 3.8) is 0 Å². The minimum absolute atomic E-state index is 0.0748. The summed E-state index contributed by atoms with van der Waals surface area (Å²) in [5, 5.41) is 5.01. The lowest BCUT2D eigenvalue weighted by Gasteiger charge is -2.13. The SMILES string of the molecule is NS(=O)(=O)c1cc(F)ccc1OCC1CCOC1. The highest BCUT2D eigenvalue weighted by molar-refractivity contribution is 7.89. The molecule has 0 aromatic heterocycles. The molecule has 0 saturated carbocycles. The van der Waals surface area contributed by atoms with Crippen molar-refractivity contribution in [2.75, 3.05) is 19.8 Å². The van der Waals surface area contributed by atoms with Gasteiger partial charge in [0.1, 0.15) is 16.5 Å². The maximum atomic E-state index is 13.0. The van der Waals surface area contributed by atoms with E-state index in [1.807, 2.05) is 0 Å². The highest BCUT2D eigenvalue weighted by Gasteiger charge is 2.20. The Morgan fingerprint density at radius 3 is 2.89 bits per heavy atom. The molecule has 0 bridgehead atoms. The molecule has 1 aliphatic rings. The van der Waals surface area contributed by atoms with Gasteiger partial charge in [-0.25, -0.2) is 17.9 Å². The Hall–Kier alpha value is -1.18. The molecule has 0 radical (unpaired) electrons. The predicted molar refractivity (Wildman–Crippen MR) is 62.2 cm³/mol. The molecule has 1 aromatic carbocycles. The number of halogens is 1. The number of hydrogen-bond acceptors (Lipinski definition) is 4. The molecule has 2 rings (SSSR count). The molecular formula is C11H14FNO4S. The van der Waals surface area contributed by atoms with Crippen LogP contribution >= 0.6 is 0 Å². The van der Waals surface area contributed by atoms with Gasteiger partial charge in [0, 0.05) is 12.5 Å². The molecule has 1 aliphatic heterocycles. The summed E-state index contributed by atoms with van der Waals surface area (Å²) in [7, 11) is -4.00. The minimum Gasteiger partial charge on any atom is -0.492 e. The van der Waals surface area contributed by atoms with E-state index in [9.17, 15) is 12.8 Å². The fourth-order valence-corrected chi connectivity index (χ4v) is 2.43. The first kappa shape index (κ1) is 13.3. The van der Waals surface area contributed by atoms with Crippen LogP contribution in [0.1, 0.15) is 6.42 Å². The van der Waals surface area contributed by atoms with Gasteiger partial charge >= 0.3 is 0 Å². The number of nitrogens with two attached hydrogens (primary N) is 1. The van der Waals surface area contributed by atoms with Crippen molar-refractivity contribution in [1.29, 1.82) is 0 Å². The molecule has 1 aromatic rings. The van der Waals surface area contributed by atoms with Crippen LogP contribution in [0, 0.1) is 11.7 Å². The summed E-state index contributed by atoms with van der Waals surface area (Å²) >= 11 is 0. The summed E-state index contributed by atoms with van der Waals surface area (Å²) in [4.78, 5) is -0.332. The third-order valence-corrected chi connectivity index (χ3v) is 3.64. The van der Waals surface area contributed by atoms with Crippen molar-refractivity contribution in [1.82, 2.24) is 0 Å². The number of primary sulfonamides is 1. The lowest BCUT2D eigenvalue weighted by Crippen LogP contribution is -2.17. The molecule has 1 unspecified atom stereocenters. The summed E-state index contributed by atoms with van der Waals surface area (Å²) < 4.78 is 46.2. The van der Waals surface area contributed by atoms with E-state index in [-0.39, 0.29) is 16.6 Å². The van der Waals surface area contributed by atoms with Gasteiger partial charge in [0.05, 0.1) is 13.2 Å². The van der Waals surface area contributed by atoms with Gasteiger partial charge in [-0.2, -0.15) is 0 Å². The number of sulfonamides is 1. The molecule has 0 amide bonds. The predicted octanol–water partition coefficient (Wildman–Crippen LogP) is 0.888. The van der Waals surface area contributed by atoms with Crippen LogP contribution in [0.2, 0.25) is 0 Å². The first-order valence-corrected chi connectivity index (χ1v) is 7.04. The Morgan fingerprint density at radius 1 is 1.50 bits per heavy atom. The lowest BCUT2D eigenvalue weighted by molar-refractivity contribution is 0.166. The van der Waals surface area contributed by atoms with Gasteiger partial charge in [0.25, 0.3) is 0 Å². The quantitative estimate of drug-likeness (QED) is 0.885. The molecule has 0 spiro atoms. The molecule has 1 fully saturated rings. The van der Waals surface area contributed by atoms with E-state index < -0.39 is 15.8 Å². The average Bonchev–Trinajstić information content (AvgIpc) is 2.79. The Bertz CT molecular complexity index is 526. The topological polar surface area (TPSA) is 78.6 Å². The van der Waals surface area contributed by atoms with Crippen LogP contribution in [0.15, 0.2) is 23.1 Å². The molecule has 2 N–H and O–H groups in total. The highest BCUT2D eigenvalue weighted by atomic mass is 32.2. The number of rotatable bonds is 4. The van der Waals surface area contributed by atoms with Crippen molar-refractivity contribution >= 4 is 10.0 Å². The Balaban J connectivity index is 2.16. The highest BCUT2D eigenvalue weighted by Crippen LogP contribution is 2.25. The first-order chi connectivity index (χ1) is 8.47. The second-order valence-corrected chi connectivity index (χ2v) is 5.71. The normalized spacial score (nSPS) is 20.0. The third kappa shape index (κ3) is 3.18. The van der Waals surface area contributed by atoms with Crippen LogP contribution in [0.25, 0.3) is 0 Å². The van der Waals surface area contributed by atoms with E-state index in [1.165, 1.54) is 6.07 Å². The Morgan fingerprint density at radius 2 is 2.28 bits per heavy atom. The number of benzene rings is 1. The lowest BCUT2D eigenvalue weighted by atomic mass is 10.1. The van der Waals surface area contributed by atoms with Gasteiger partial charge in [-0.05, 0) is 24.6 Å². The van der Waals surface area contributed by atoms with Crippen LogP contribution in [-0.4, -0.2) is 28.2 Å². The zero-order valence-electron chi connectivity index (χ0n) is 9.63. The zero-order valence-corrected chi connectivity index (χ0v) is 10.5. The van der Waals surface area contributed by atoms with Gasteiger partial charge in [0.2, 0.25) is 10.0 Å². The molecule has 1 heterocycles. The van der Waals surface area contributed by atoms with E-state index >= 15 is 0 Å². The summed E-state index contributed by atoms with van der Waals surface area (Å²) in [6.07, 6.45) is 0.867. The Labute approximate surface area is 105 Å². The minimum atomic E-state index is -4.00. The van der Waals surface area contributed by atoms with Crippen LogP contribution in [-0.2, 0) is 14.8 Å². The van der Waals surface area contributed by atoms with Gasteiger partial charge < -0.3 is 9.47 Å². The first-order valence-electron chi connectivity index (χ1n) is 5.50. The van der Waals surface area contributed by atoms with Crippen LogP contribution < -0.4 is 9.88 Å². The largest absolute Gasteiger partial charge is 0.492 e. The zero-order chi connectivity index (χ0) is 13.2. The van der Waals surface area contributed by atoms with E-state index in [0.717, 1.165) is 18.6 Å². The molecule has 7 heteroatoms. The van der Waals surface area contributed by atoms with Gasteiger partial charge in [-0.15, -0.1) is 0 Å². The van der Waals surface area contributed by atoms with E-state index in [1.54, 1.807) is 0 Å². The summed E-state index contributed by atoms with van der Waals surface area (Å²) in [5.74, 6) is -0.371. The van der Waals surface area contributed by atoms with Gasteiger partial charge in [-0.3, -0.25) is 0 Å². The Kier molecular flexibility index (Phi) is 3.84. The number of hydrogen-bond donors (Lipinski definition) is 1. The summed E-state index contributed by atoms with van der Waals surface area (Å²) in [6.45, 7) is 1.60. The molecule has 1 saturated heterocycles. The molecule has 18 heavy (non-hydrogen) atoms.